The Hall–Kier alpha value is -1.58. The zero-order chi connectivity index (χ0) is 13.2. The van der Waals surface area contributed by atoms with Gasteiger partial charge in [0.1, 0.15) is 17.0 Å². The van der Waals surface area contributed by atoms with Crippen molar-refractivity contribution in [3.63, 3.8) is 0 Å². The van der Waals surface area contributed by atoms with Crippen LogP contribution in [0.3, 0.4) is 0 Å². The fourth-order valence-electron chi connectivity index (χ4n) is 1.89. The number of pyridine rings is 1. The summed E-state index contributed by atoms with van der Waals surface area (Å²) in [4.78, 5) is 3.90. The van der Waals surface area contributed by atoms with Crippen LogP contribution in [0.5, 0.6) is 5.75 Å². The first kappa shape index (κ1) is 12.5. The van der Waals surface area contributed by atoms with Crippen molar-refractivity contribution < 1.29 is 9.84 Å². The molecule has 19 heavy (non-hydrogen) atoms. The summed E-state index contributed by atoms with van der Waals surface area (Å²) < 4.78 is 5.67. The van der Waals surface area contributed by atoms with Gasteiger partial charge in [0.15, 0.2) is 0 Å². The van der Waals surface area contributed by atoms with Crippen molar-refractivity contribution in [1.82, 2.24) is 4.98 Å². The molecule has 1 unspecified atom stereocenters. The quantitative estimate of drug-likeness (QED) is 0.870. The van der Waals surface area contributed by atoms with Crippen LogP contribution in [0, 0.1) is 0 Å². The molecule has 1 fully saturated rings. The highest BCUT2D eigenvalue weighted by atomic mass is 35.5. The van der Waals surface area contributed by atoms with Crippen molar-refractivity contribution in [2.24, 2.45) is 0 Å². The first-order valence-corrected chi connectivity index (χ1v) is 6.66. The average molecular weight is 276 g/mol. The van der Waals surface area contributed by atoms with Crippen LogP contribution in [0.25, 0.3) is 0 Å². The number of ether oxygens (including phenoxy) is 1. The number of hydrogen-bond acceptors (Lipinski definition) is 3. The van der Waals surface area contributed by atoms with Crippen molar-refractivity contribution in [1.29, 1.82) is 0 Å². The summed E-state index contributed by atoms with van der Waals surface area (Å²) in [6, 6.07) is 10.9. The van der Waals surface area contributed by atoms with Crippen molar-refractivity contribution in [2.45, 2.75) is 25.0 Å². The van der Waals surface area contributed by atoms with Gasteiger partial charge in [-0.3, -0.25) is 0 Å². The van der Waals surface area contributed by atoms with Crippen molar-refractivity contribution in [3.05, 3.63) is 58.9 Å². The number of halogens is 1. The fourth-order valence-corrected chi connectivity index (χ4v) is 2.07. The highest BCUT2D eigenvalue weighted by Crippen LogP contribution is 2.29. The Morgan fingerprint density at radius 1 is 1.16 bits per heavy atom. The largest absolute Gasteiger partial charge is 0.490 e. The third-order valence-corrected chi connectivity index (χ3v) is 3.30. The molecule has 1 N–H and O–H groups in total. The molecule has 3 rings (SSSR count). The highest BCUT2D eigenvalue weighted by Gasteiger charge is 2.23. The monoisotopic (exact) mass is 275 g/mol. The van der Waals surface area contributed by atoms with Gasteiger partial charge >= 0.3 is 0 Å². The number of aliphatic hydroxyl groups excluding tert-OH is 1. The average Bonchev–Trinajstić information content (AvgIpc) is 3.23. The molecule has 1 aliphatic carbocycles. The van der Waals surface area contributed by atoms with Gasteiger partial charge in [0, 0.05) is 6.20 Å². The van der Waals surface area contributed by atoms with Crippen molar-refractivity contribution in [2.75, 3.05) is 0 Å². The van der Waals surface area contributed by atoms with E-state index in [0.717, 1.165) is 29.7 Å². The number of hydrogen-bond donors (Lipinski definition) is 1. The van der Waals surface area contributed by atoms with Gasteiger partial charge in [-0.2, -0.15) is 0 Å². The Bertz CT molecular complexity index is 567. The molecule has 1 aromatic heterocycles. The molecule has 4 heteroatoms. The minimum Gasteiger partial charge on any atom is -0.490 e. The zero-order valence-electron chi connectivity index (χ0n) is 10.3. The lowest BCUT2D eigenvalue weighted by atomic mass is 10.0. The zero-order valence-corrected chi connectivity index (χ0v) is 11.0. The van der Waals surface area contributed by atoms with Crippen LogP contribution < -0.4 is 4.74 Å². The molecule has 1 saturated carbocycles. The molecule has 3 nitrogen and oxygen atoms in total. The third-order valence-electron chi connectivity index (χ3n) is 3.09. The second-order valence-corrected chi connectivity index (χ2v) is 5.09. The van der Waals surface area contributed by atoms with E-state index in [9.17, 15) is 5.11 Å². The number of benzene rings is 1. The maximum atomic E-state index is 10.3. The normalized spacial score (nSPS) is 16.1. The summed E-state index contributed by atoms with van der Waals surface area (Å²) in [5, 5.41) is 10.7. The van der Waals surface area contributed by atoms with E-state index in [2.05, 4.69) is 4.98 Å². The van der Waals surface area contributed by atoms with Crippen LogP contribution in [0.4, 0.5) is 0 Å². The molecule has 1 aliphatic rings. The van der Waals surface area contributed by atoms with E-state index in [1.165, 1.54) is 0 Å². The smallest absolute Gasteiger partial charge is 0.129 e. The van der Waals surface area contributed by atoms with Crippen LogP contribution in [0.15, 0.2) is 42.6 Å². The van der Waals surface area contributed by atoms with Gasteiger partial charge in [0.05, 0.1) is 6.10 Å². The summed E-state index contributed by atoms with van der Waals surface area (Å²) in [7, 11) is 0. The highest BCUT2D eigenvalue weighted by molar-refractivity contribution is 6.29. The number of aromatic nitrogens is 1. The van der Waals surface area contributed by atoms with Crippen molar-refractivity contribution in [3.8, 4) is 5.75 Å². The van der Waals surface area contributed by atoms with Crippen LogP contribution >= 0.6 is 11.6 Å². The molecule has 1 atom stereocenters. The summed E-state index contributed by atoms with van der Waals surface area (Å²) in [5.74, 6) is 0.853. The summed E-state index contributed by atoms with van der Waals surface area (Å²) in [6.07, 6.45) is 3.55. The Kier molecular flexibility index (Phi) is 3.40. The molecule has 0 saturated heterocycles. The number of rotatable bonds is 4. The van der Waals surface area contributed by atoms with Crippen LogP contribution in [0.1, 0.15) is 30.1 Å². The molecule has 0 aliphatic heterocycles. The number of nitrogens with zero attached hydrogens (tertiary/aromatic N) is 1. The Labute approximate surface area is 116 Å². The Balaban J connectivity index is 1.77. The van der Waals surface area contributed by atoms with Crippen LogP contribution in [-0.2, 0) is 0 Å². The molecule has 98 valence electrons. The predicted octanol–water partition coefficient (Wildman–Crippen LogP) is 3.36. The molecule has 0 spiro atoms. The fraction of sp³-hybridized carbons (Fsp3) is 0.267. The summed E-state index contributed by atoms with van der Waals surface area (Å²) in [5.41, 5.74) is 1.54. The van der Waals surface area contributed by atoms with E-state index in [4.69, 9.17) is 16.3 Å². The second-order valence-electron chi connectivity index (χ2n) is 4.70. The molecule has 1 heterocycles. The van der Waals surface area contributed by atoms with Crippen molar-refractivity contribution >= 4 is 11.6 Å². The van der Waals surface area contributed by atoms with Gasteiger partial charge < -0.3 is 9.84 Å². The van der Waals surface area contributed by atoms with E-state index in [0.29, 0.717) is 11.3 Å². The SMILES string of the molecule is OC(c1ccc(OC2CC2)cc1)c1ccnc(Cl)c1. The van der Waals surface area contributed by atoms with E-state index in [1.807, 2.05) is 24.3 Å². The minimum atomic E-state index is -0.699. The minimum absolute atomic E-state index is 0.380. The van der Waals surface area contributed by atoms with E-state index >= 15 is 0 Å². The van der Waals surface area contributed by atoms with Gasteiger partial charge in [-0.25, -0.2) is 4.98 Å². The van der Waals surface area contributed by atoms with E-state index in [-0.39, 0.29) is 0 Å². The third kappa shape index (κ3) is 3.06. The Morgan fingerprint density at radius 3 is 2.53 bits per heavy atom. The second kappa shape index (κ2) is 5.19. The molecule has 1 aromatic carbocycles. The van der Waals surface area contributed by atoms with E-state index in [1.54, 1.807) is 18.3 Å². The van der Waals surface area contributed by atoms with Gasteiger partial charge in [-0.05, 0) is 48.2 Å². The molecule has 0 radical (unpaired) electrons. The maximum Gasteiger partial charge on any atom is 0.129 e. The number of aliphatic hydroxyl groups is 1. The lowest BCUT2D eigenvalue weighted by Crippen LogP contribution is -2.01. The van der Waals surface area contributed by atoms with Crippen LogP contribution in [0.2, 0.25) is 5.15 Å². The molecule has 0 amide bonds. The predicted molar refractivity (Wildman–Crippen MR) is 73.4 cm³/mol. The summed E-state index contributed by atoms with van der Waals surface area (Å²) in [6.45, 7) is 0. The lowest BCUT2D eigenvalue weighted by molar-refractivity contribution is 0.220. The topological polar surface area (TPSA) is 42.4 Å². The van der Waals surface area contributed by atoms with E-state index < -0.39 is 6.10 Å². The molecular formula is C15H14ClNO2. The van der Waals surface area contributed by atoms with Crippen LogP contribution in [-0.4, -0.2) is 16.2 Å². The maximum absolute atomic E-state index is 10.3. The molecular weight excluding hydrogens is 262 g/mol. The standard InChI is InChI=1S/C15H14ClNO2/c16-14-9-11(7-8-17-14)15(18)10-1-3-12(4-2-10)19-13-5-6-13/h1-4,7-9,13,15,18H,5-6H2. The van der Waals surface area contributed by atoms with Gasteiger partial charge in [0.2, 0.25) is 0 Å². The van der Waals surface area contributed by atoms with Gasteiger partial charge in [0.25, 0.3) is 0 Å². The van der Waals surface area contributed by atoms with Gasteiger partial charge in [-0.15, -0.1) is 0 Å². The lowest BCUT2D eigenvalue weighted by Gasteiger charge is -2.12. The Morgan fingerprint density at radius 2 is 1.89 bits per heavy atom. The molecule has 2 aromatic rings. The van der Waals surface area contributed by atoms with Gasteiger partial charge in [-0.1, -0.05) is 23.7 Å². The molecule has 0 bridgehead atoms. The first-order valence-electron chi connectivity index (χ1n) is 6.28. The summed E-state index contributed by atoms with van der Waals surface area (Å²) >= 11 is 5.82. The first-order chi connectivity index (χ1) is 9.22.